The number of allylic oxidation sites excluding steroid dienone is 1. The van der Waals surface area contributed by atoms with E-state index in [-0.39, 0.29) is 10.6 Å². The van der Waals surface area contributed by atoms with Crippen molar-refractivity contribution in [1.82, 2.24) is 4.98 Å². The van der Waals surface area contributed by atoms with Gasteiger partial charge < -0.3 is 0 Å². The van der Waals surface area contributed by atoms with Crippen LogP contribution in [0.15, 0.2) is 42.6 Å². The SMILES string of the molecule is O=[N+]([O-])c1ccc(C2=Cc3ncccc3C2)cc1. The third-order valence-corrected chi connectivity index (χ3v) is 3.07. The minimum Gasteiger partial charge on any atom is -0.258 e. The molecular formula is C14H10N2O2. The second-order valence-electron chi connectivity index (χ2n) is 4.20. The average molecular weight is 238 g/mol. The second-order valence-corrected chi connectivity index (χ2v) is 4.20. The normalized spacial score (nSPS) is 13.0. The Morgan fingerprint density at radius 2 is 1.94 bits per heavy atom. The van der Waals surface area contributed by atoms with Gasteiger partial charge in [0.1, 0.15) is 0 Å². The van der Waals surface area contributed by atoms with Crippen LogP contribution in [-0.2, 0) is 6.42 Å². The van der Waals surface area contributed by atoms with E-state index >= 15 is 0 Å². The van der Waals surface area contributed by atoms with E-state index in [9.17, 15) is 10.1 Å². The van der Waals surface area contributed by atoms with E-state index in [1.54, 1.807) is 18.3 Å². The summed E-state index contributed by atoms with van der Waals surface area (Å²) in [5, 5.41) is 10.6. The average Bonchev–Trinajstić information content (AvgIpc) is 2.82. The maximum absolute atomic E-state index is 10.6. The molecule has 0 saturated heterocycles. The highest BCUT2D eigenvalue weighted by Gasteiger charge is 2.15. The fraction of sp³-hybridized carbons (Fsp3) is 0.0714. The maximum atomic E-state index is 10.6. The van der Waals surface area contributed by atoms with E-state index in [4.69, 9.17) is 0 Å². The number of hydrogen-bond donors (Lipinski definition) is 0. The molecule has 0 spiro atoms. The molecule has 0 N–H and O–H groups in total. The molecule has 18 heavy (non-hydrogen) atoms. The summed E-state index contributed by atoms with van der Waals surface area (Å²) >= 11 is 0. The molecule has 0 saturated carbocycles. The van der Waals surface area contributed by atoms with Crippen molar-refractivity contribution in [2.24, 2.45) is 0 Å². The number of aromatic nitrogens is 1. The fourth-order valence-corrected chi connectivity index (χ4v) is 2.13. The van der Waals surface area contributed by atoms with Crippen LogP contribution in [0.1, 0.15) is 16.8 Å². The van der Waals surface area contributed by atoms with Crippen LogP contribution in [0, 0.1) is 10.1 Å². The smallest absolute Gasteiger partial charge is 0.258 e. The van der Waals surface area contributed by atoms with Gasteiger partial charge in [0, 0.05) is 24.8 Å². The molecular weight excluding hydrogens is 228 g/mol. The van der Waals surface area contributed by atoms with E-state index in [0.29, 0.717) is 0 Å². The maximum Gasteiger partial charge on any atom is 0.269 e. The molecule has 2 aromatic rings. The lowest BCUT2D eigenvalue weighted by molar-refractivity contribution is -0.384. The number of benzene rings is 1. The highest BCUT2D eigenvalue weighted by Crippen LogP contribution is 2.30. The highest BCUT2D eigenvalue weighted by atomic mass is 16.6. The summed E-state index contributed by atoms with van der Waals surface area (Å²) in [5.41, 5.74) is 4.47. The van der Waals surface area contributed by atoms with Gasteiger partial charge in [-0.25, -0.2) is 0 Å². The summed E-state index contributed by atoms with van der Waals surface area (Å²) in [4.78, 5) is 14.5. The molecule has 4 nitrogen and oxygen atoms in total. The lowest BCUT2D eigenvalue weighted by Crippen LogP contribution is -1.89. The molecule has 0 amide bonds. The third kappa shape index (κ3) is 1.78. The van der Waals surface area contributed by atoms with Crippen LogP contribution in [0.25, 0.3) is 11.6 Å². The third-order valence-electron chi connectivity index (χ3n) is 3.07. The zero-order valence-corrected chi connectivity index (χ0v) is 9.54. The molecule has 3 rings (SSSR count). The Kier molecular flexibility index (Phi) is 2.41. The van der Waals surface area contributed by atoms with E-state index < -0.39 is 0 Å². The van der Waals surface area contributed by atoms with E-state index in [1.807, 2.05) is 12.1 Å². The van der Waals surface area contributed by atoms with Crippen LogP contribution < -0.4 is 0 Å². The van der Waals surface area contributed by atoms with Crippen molar-refractivity contribution in [3.63, 3.8) is 0 Å². The van der Waals surface area contributed by atoms with Gasteiger partial charge in [-0.05, 0) is 41.0 Å². The summed E-state index contributed by atoms with van der Waals surface area (Å²) in [5.74, 6) is 0. The number of rotatable bonds is 2. The fourth-order valence-electron chi connectivity index (χ4n) is 2.13. The number of hydrogen-bond acceptors (Lipinski definition) is 3. The predicted molar refractivity (Wildman–Crippen MR) is 68.9 cm³/mol. The molecule has 1 aliphatic rings. The largest absolute Gasteiger partial charge is 0.269 e. The number of pyridine rings is 1. The standard InChI is InChI=1S/C14H10N2O2/c17-16(18)13-5-3-10(4-6-13)12-8-11-2-1-7-15-14(11)9-12/h1-7,9H,8H2. The van der Waals surface area contributed by atoms with Crippen molar-refractivity contribution in [1.29, 1.82) is 0 Å². The van der Waals surface area contributed by atoms with Gasteiger partial charge in [-0.15, -0.1) is 0 Å². The summed E-state index contributed by atoms with van der Waals surface area (Å²) in [7, 11) is 0. The first-order chi connectivity index (χ1) is 8.74. The molecule has 0 unspecified atom stereocenters. The van der Waals surface area contributed by atoms with Gasteiger partial charge in [-0.1, -0.05) is 6.07 Å². The Morgan fingerprint density at radius 3 is 2.61 bits per heavy atom. The van der Waals surface area contributed by atoms with Crippen molar-refractivity contribution < 1.29 is 4.92 Å². The number of nitro groups is 1. The van der Waals surface area contributed by atoms with Crippen LogP contribution >= 0.6 is 0 Å². The molecule has 0 atom stereocenters. The predicted octanol–water partition coefficient (Wildman–Crippen LogP) is 3.09. The van der Waals surface area contributed by atoms with Gasteiger partial charge in [0.05, 0.1) is 10.6 Å². The van der Waals surface area contributed by atoms with Gasteiger partial charge in [0.25, 0.3) is 5.69 Å². The molecule has 4 heteroatoms. The molecule has 1 heterocycles. The first kappa shape index (κ1) is 10.7. The van der Waals surface area contributed by atoms with Gasteiger partial charge in [0.2, 0.25) is 0 Å². The van der Waals surface area contributed by atoms with Crippen molar-refractivity contribution in [3.05, 3.63) is 69.5 Å². The first-order valence-electron chi connectivity index (χ1n) is 5.63. The first-order valence-corrected chi connectivity index (χ1v) is 5.63. The summed E-state index contributed by atoms with van der Waals surface area (Å²) in [6, 6.07) is 10.6. The van der Waals surface area contributed by atoms with Crippen molar-refractivity contribution in [2.75, 3.05) is 0 Å². The Hall–Kier alpha value is -2.49. The molecule has 0 aliphatic heterocycles. The van der Waals surface area contributed by atoms with Crippen molar-refractivity contribution >= 4 is 17.3 Å². The van der Waals surface area contributed by atoms with Crippen LogP contribution in [0.3, 0.4) is 0 Å². The lowest BCUT2D eigenvalue weighted by atomic mass is 10.0. The zero-order valence-electron chi connectivity index (χ0n) is 9.54. The molecule has 88 valence electrons. The molecule has 1 aromatic carbocycles. The van der Waals surface area contributed by atoms with Gasteiger partial charge in [-0.3, -0.25) is 15.1 Å². The number of fused-ring (bicyclic) bond motifs is 1. The quantitative estimate of drug-likeness (QED) is 0.596. The van der Waals surface area contributed by atoms with Gasteiger partial charge in [-0.2, -0.15) is 0 Å². The molecule has 0 bridgehead atoms. The van der Waals surface area contributed by atoms with Crippen molar-refractivity contribution in [3.8, 4) is 0 Å². The van der Waals surface area contributed by atoms with Crippen LogP contribution in [-0.4, -0.2) is 9.91 Å². The Morgan fingerprint density at radius 1 is 1.17 bits per heavy atom. The van der Waals surface area contributed by atoms with Crippen molar-refractivity contribution in [2.45, 2.75) is 6.42 Å². The minimum absolute atomic E-state index is 0.119. The Labute approximate surface area is 104 Å². The van der Waals surface area contributed by atoms with E-state index in [0.717, 1.165) is 23.3 Å². The molecule has 1 aromatic heterocycles. The molecule has 0 radical (unpaired) electrons. The lowest BCUT2D eigenvalue weighted by Gasteiger charge is -2.01. The molecule has 1 aliphatic carbocycles. The monoisotopic (exact) mass is 238 g/mol. The van der Waals surface area contributed by atoms with Crippen LogP contribution in [0.4, 0.5) is 5.69 Å². The highest BCUT2D eigenvalue weighted by molar-refractivity contribution is 5.87. The number of non-ortho nitro benzene ring substituents is 1. The topological polar surface area (TPSA) is 56.0 Å². The van der Waals surface area contributed by atoms with E-state index in [1.165, 1.54) is 17.7 Å². The minimum atomic E-state index is -0.386. The zero-order chi connectivity index (χ0) is 12.5. The molecule has 0 fully saturated rings. The Bertz CT molecular complexity index is 645. The summed E-state index contributed by atoms with van der Waals surface area (Å²) in [6.07, 6.45) is 4.64. The van der Waals surface area contributed by atoms with Crippen LogP contribution in [0.5, 0.6) is 0 Å². The van der Waals surface area contributed by atoms with Gasteiger partial charge in [0.15, 0.2) is 0 Å². The summed E-state index contributed by atoms with van der Waals surface area (Å²) < 4.78 is 0. The number of nitrogens with zero attached hydrogens (tertiary/aromatic N) is 2. The van der Waals surface area contributed by atoms with E-state index in [2.05, 4.69) is 11.1 Å². The second kappa shape index (κ2) is 4.07. The van der Waals surface area contributed by atoms with Crippen LogP contribution in [0.2, 0.25) is 0 Å². The summed E-state index contributed by atoms with van der Waals surface area (Å²) in [6.45, 7) is 0. The number of nitro benzene ring substituents is 1. The Balaban J connectivity index is 1.92. The van der Waals surface area contributed by atoms with Gasteiger partial charge >= 0.3 is 0 Å².